The number of piperazine rings is 1. The quantitative estimate of drug-likeness (QED) is 0.804. The number of nitrogens with one attached hydrogen (secondary N) is 1. The molecule has 4 rings (SSSR count). The molecule has 22 heavy (non-hydrogen) atoms. The van der Waals surface area contributed by atoms with Crippen molar-refractivity contribution in [3.05, 3.63) is 59.4 Å². The van der Waals surface area contributed by atoms with Gasteiger partial charge in [0, 0.05) is 50.9 Å². The highest BCUT2D eigenvalue weighted by Gasteiger charge is 2.20. The molecule has 1 N–H and O–H groups in total. The van der Waals surface area contributed by atoms with Crippen LogP contribution in [0, 0.1) is 0 Å². The van der Waals surface area contributed by atoms with Crippen molar-refractivity contribution in [1.29, 1.82) is 0 Å². The van der Waals surface area contributed by atoms with E-state index in [4.69, 9.17) is 0 Å². The molecule has 0 unspecified atom stereocenters. The molecule has 1 saturated heterocycles. The van der Waals surface area contributed by atoms with Crippen LogP contribution in [0.3, 0.4) is 0 Å². The molecule has 2 aromatic rings. The predicted molar refractivity (Wildman–Crippen MR) is 90.8 cm³/mol. The molecule has 2 heterocycles. The van der Waals surface area contributed by atoms with Crippen molar-refractivity contribution in [2.45, 2.75) is 6.42 Å². The lowest BCUT2D eigenvalue weighted by molar-refractivity contribution is 0.265. The lowest BCUT2D eigenvalue weighted by Crippen LogP contribution is -2.43. The van der Waals surface area contributed by atoms with Gasteiger partial charge in [0.1, 0.15) is 0 Å². The molecular formula is C19H21N3. The molecule has 0 radical (unpaired) electrons. The van der Waals surface area contributed by atoms with Crippen LogP contribution < -0.4 is 5.32 Å². The molecule has 0 atom stereocenters. The third kappa shape index (κ3) is 2.58. The molecule has 1 fully saturated rings. The summed E-state index contributed by atoms with van der Waals surface area (Å²) in [6, 6.07) is 10.8. The number of hydrogen-bond donors (Lipinski definition) is 1. The van der Waals surface area contributed by atoms with E-state index in [0.29, 0.717) is 0 Å². The Hall–Kier alpha value is -1.97. The van der Waals surface area contributed by atoms with Gasteiger partial charge in [0.25, 0.3) is 0 Å². The van der Waals surface area contributed by atoms with Crippen molar-refractivity contribution in [2.75, 3.05) is 32.7 Å². The zero-order chi connectivity index (χ0) is 14.8. The average molecular weight is 291 g/mol. The number of pyridine rings is 1. The normalized spacial score (nSPS) is 17.6. The van der Waals surface area contributed by atoms with E-state index in [-0.39, 0.29) is 0 Å². The summed E-state index contributed by atoms with van der Waals surface area (Å²) < 4.78 is 0. The Morgan fingerprint density at radius 2 is 2.00 bits per heavy atom. The van der Waals surface area contributed by atoms with E-state index in [9.17, 15) is 0 Å². The van der Waals surface area contributed by atoms with E-state index in [1.807, 2.05) is 6.20 Å². The van der Waals surface area contributed by atoms with Gasteiger partial charge >= 0.3 is 0 Å². The Morgan fingerprint density at radius 1 is 1.14 bits per heavy atom. The van der Waals surface area contributed by atoms with Crippen molar-refractivity contribution in [3.8, 4) is 11.1 Å². The van der Waals surface area contributed by atoms with Gasteiger partial charge in [-0.15, -0.1) is 0 Å². The zero-order valence-corrected chi connectivity index (χ0v) is 12.8. The minimum absolute atomic E-state index is 0.963. The van der Waals surface area contributed by atoms with Gasteiger partial charge in [0.2, 0.25) is 0 Å². The highest BCUT2D eigenvalue weighted by Crippen LogP contribution is 2.37. The molecule has 1 aromatic carbocycles. The minimum Gasteiger partial charge on any atom is -0.314 e. The molecule has 0 amide bonds. The molecule has 0 spiro atoms. The number of fused-ring (bicyclic) bond motifs is 3. The molecule has 1 aliphatic carbocycles. The van der Waals surface area contributed by atoms with Crippen molar-refractivity contribution >= 4 is 6.08 Å². The summed E-state index contributed by atoms with van der Waals surface area (Å²) in [5, 5.41) is 3.39. The monoisotopic (exact) mass is 291 g/mol. The summed E-state index contributed by atoms with van der Waals surface area (Å²) in [5.74, 6) is 0. The van der Waals surface area contributed by atoms with Crippen LogP contribution >= 0.6 is 0 Å². The topological polar surface area (TPSA) is 28.2 Å². The third-order valence-corrected chi connectivity index (χ3v) is 4.58. The van der Waals surface area contributed by atoms with Gasteiger partial charge in [-0.2, -0.15) is 0 Å². The molecule has 1 aromatic heterocycles. The van der Waals surface area contributed by atoms with Crippen LogP contribution in [0.15, 0.2) is 42.6 Å². The Morgan fingerprint density at radius 3 is 2.91 bits per heavy atom. The summed E-state index contributed by atoms with van der Waals surface area (Å²) in [7, 11) is 0. The Balaban J connectivity index is 1.58. The Kier molecular flexibility index (Phi) is 3.75. The largest absolute Gasteiger partial charge is 0.314 e. The second kappa shape index (κ2) is 6.03. The Labute approximate surface area is 131 Å². The van der Waals surface area contributed by atoms with Gasteiger partial charge < -0.3 is 5.32 Å². The van der Waals surface area contributed by atoms with Crippen LogP contribution in [0.1, 0.15) is 16.8 Å². The molecule has 3 nitrogen and oxygen atoms in total. The van der Waals surface area contributed by atoms with E-state index >= 15 is 0 Å². The van der Waals surface area contributed by atoms with Gasteiger partial charge in [-0.1, -0.05) is 36.4 Å². The third-order valence-electron chi connectivity index (χ3n) is 4.58. The summed E-state index contributed by atoms with van der Waals surface area (Å²) >= 11 is 0. The lowest BCUT2D eigenvalue weighted by atomic mass is 10.0. The second-order valence-electron chi connectivity index (χ2n) is 6.01. The fraction of sp³-hybridized carbons (Fsp3) is 0.316. The van der Waals surface area contributed by atoms with E-state index < -0.39 is 0 Å². The molecule has 112 valence electrons. The summed E-state index contributed by atoms with van der Waals surface area (Å²) in [6.07, 6.45) is 7.46. The van der Waals surface area contributed by atoms with E-state index in [1.165, 1.54) is 27.9 Å². The minimum atomic E-state index is 0.963. The number of benzene rings is 1. The van der Waals surface area contributed by atoms with Gasteiger partial charge in [-0.05, 0) is 22.8 Å². The highest BCUT2D eigenvalue weighted by atomic mass is 15.2. The molecular weight excluding hydrogens is 270 g/mol. The predicted octanol–water partition coefficient (Wildman–Crippen LogP) is 2.57. The van der Waals surface area contributed by atoms with Crippen molar-refractivity contribution in [2.24, 2.45) is 0 Å². The van der Waals surface area contributed by atoms with Gasteiger partial charge in [0.15, 0.2) is 0 Å². The first-order valence-corrected chi connectivity index (χ1v) is 8.07. The number of nitrogens with zero attached hydrogens (tertiary/aromatic N) is 2. The maximum atomic E-state index is 4.58. The van der Waals surface area contributed by atoms with Gasteiger partial charge in [-0.25, -0.2) is 0 Å². The number of rotatable bonds is 3. The first-order chi connectivity index (χ1) is 10.9. The number of aromatic nitrogens is 1. The fourth-order valence-corrected chi connectivity index (χ4v) is 3.43. The maximum absolute atomic E-state index is 4.58. The Bertz CT molecular complexity index is 700. The summed E-state index contributed by atoms with van der Waals surface area (Å²) in [4.78, 5) is 7.07. The van der Waals surface area contributed by atoms with Crippen LogP contribution in [0.25, 0.3) is 17.2 Å². The van der Waals surface area contributed by atoms with Crippen LogP contribution in [0.2, 0.25) is 0 Å². The second-order valence-corrected chi connectivity index (χ2v) is 6.01. The van der Waals surface area contributed by atoms with Crippen LogP contribution in [0.4, 0.5) is 0 Å². The van der Waals surface area contributed by atoms with Crippen molar-refractivity contribution in [3.63, 3.8) is 0 Å². The van der Waals surface area contributed by atoms with E-state index in [0.717, 1.165) is 39.1 Å². The molecule has 3 heteroatoms. The molecule has 2 aliphatic rings. The zero-order valence-electron chi connectivity index (χ0n) is 12.8. The highest BCUT2D eigenvalue weighted by molar-refractivity contribution is 5.83. The lowest BCUT2D eigenvalue weighted by Gasteiger charge is -2.25. The smallest absolute Gasteiger partial charge is 0.0531 e. The van der Waals surface area contributed by atoms with Crippen LogP contribution in [0.5, 0.6) is 0 Å². The molecule has 1 aliphatic heterocycles. The number of hydrogen-bond acceptors (Lipinski definition) is 3. The SMILES string of the molecule is C(=C/c1ccnc2c1-c1ccccc1C2)/CN1CCNCC1. The van der Waals surface area contributed by atoms with Gasteiger partial charge in [0.05, 0.1) is 5.69 Å². The average Bonchev–Trinajstić information content (AvgIpc) is 2.95. The first-order valence-electron chi connectivity index (χ1n) is 8.07. The van der Waals surface area contributed by atoms with Crippen molar-refractivity contribution < 1.29 is 0 Å². The van der Waals surface area contributed by atoms with E-state index in [1.54, 1.807) is 0 Å². The van der Waals surface area contributed by atoms with Gasteiger partial charge in [-0.3, -0.25) is 9.88 Å². The maximum Gasteiger partial charge on any atom is 0.0531 e. The fourth-order valence-electron chi connectivity index (χ4n) is 3.43. The van der Waals surface area contributed by atoms with Crippen molar-refractivity contribution in [1.82, 2.24) is 15.2 Å². The standard InChI is InChI=1S/C19H21N3/c1-2-6-17-16(4-1)14-18-19(17)15(7-8-21-18)5-3-11-22-12-9-20-10-13-22/h1-8,20H,9-14H2/b5-3-. The summed E-state index contributed by atoms with van der Waals surface area (Å²) in [5.41, 5.74) is 6.59. The van der Waals surface area contributed by atoms with Crippen LogP contribution in [-0.2, 0) is 6.42 Å². The summed E-state index contributed by atoms with van der Waals surface area (Å²) in [6.45, 7) is 5.52. The molecule has 0 saturated carbocycles. The molecule has 0 bridgehead atoms. The van der Waals surface area contributed by atoms with E-state index in [2.05, 4.69) is 57.7 Å². The van der Waals surface area contributed by atoms with Crippen LogP contribution in [-0.4, -0.2) is 42.6 Å². The first kappa shape index (κ1) is 13.7.